The van der Waals surface area contributed by atoms with Gasteiger partial charge >= 0.3 is 0 Å². The quantitative estimate of drug-likeness (QED) is 0.689. The molecule has 1 N–H and O–H groups in total. The number of rotatable bonds is 2. The van der Waals surface area contributed by atoms with Crippen LogP contribution in [0, 0.1) is 6.92 Å². The Kier molecular flexibility index (Phi) is 2.26. The zero-order valence-electron chi connectivity index (χ0n) is 6.29. The lowest BCUT2D eigenvalue weighted by atomic mass is 10.1. The minimum Gasteiger partial charge on any atom is -0.508 e. The van der Waals surface area contributed by atoms with Crippen LogP contribution >= 0.6 is 0 Å². The molecular weight excluding hydrogens is 140 g/mol. The third-order valence-electron chi connectivity index (χ3n) is 1.54. The molecule has 0 atom stereocenters. The van der Waals surface area contributed by atoms with Crippen LogP contribution < -0.4 is 0 Å². The van der Waals surface area contributed by atoms with Gasteiger partial charge in [-0.1, -0.05) is 12.1 Å². The molecule has 1 aromatic rings. The average Bonchev–Trinajstić information content (AvgIpc) is 1.98. The zero-order valence-corrected chi connectivity index (χ0v) is 6.29. The monoisotopic (exact) mass is 149 g/mol. The van der Waals surface area contributed by atoms with Crippen molar-refractivity contribution in [2.45, 2.75) is 13.3 Å². The molecule has 57 valence electrons. The Morgan fingerprint density at radius 2 is 2.27 bits per heavy atom. The molecule has 0 saturated heterocycles. The van der Waals surface area contributed by atoms with E-state index in [2.05, 4.69) is 0 Å². The Morgan fingerprint density at radius 1 is 1.55 bits per heavy atom. The minimum atomic E-state index is 0.264. The van der Waals surface area contributed by atoms with Gasteiger partial charge in [-0.3, -0.25) is 4.79 Å². The van der Waals surface area contributed by atoms with Gasteiger partial charge in [0.2, 0.25) is 6.29 Å². The standard InChI is InChI=1S/C9H9O2/c1-7-6-8(4-5-10)2-3-9(7)11/h2-3,6,11H,4H2,1H3. The molecule has 0 aliphatic heterocycles. The van der Waals surface area contributed by atoms with Crippen molar-refractivity contribution in [2.24, 2.45) is 0 Å². The second-order valence-corrected chi connectivity index (χ2v) is 2.44. The number of phenols is 1. The van der Waals surface area contributed by atoms with Gasteiger partial charge in [0.25, 0.3) is 0 Å². The van der Waals surface area contributed by atoms with Crippen molar-refractivity contribution in [3.05, 3.63) is 29.3 Å². The molecule has 11 heavy (non-hydrogen) atoms. The summed E-state index contributed by atoms with van der Waals surface area (Å²) in [7, 11) is 0. The Labute approximate surface area is 65.5 Å². The largest absolute Gasteiger partial charge is 0.508 e. The first-order valence-electron chi connectivity index (χ1n) is 3.37. The fraction of sp³-hybridized carbons (Fsp3) is 0.222. The highest BCUT2D eigenvalue weighted by Crippen LogP contribution is 2.16. The van der Waals surface area contributed by atoms with Crippen molar-refractivity contribution in [2.75, 3.05) is 0 Å². The highest BCUT2D eigenvalue weighted by molar-refractivity contribution is 5.56. The zero-order chi connectivity index (χ0) is 8.27. The summed E-state index contributed by atoms with van der Waals surface area (Å²) in [6.07, 6.45) is 2.09. The Hall–Kier alpha value is -1.31. The lowest BCUT2D eigenvalue weighted by molar-refractivity contribution is 0.471. The van der Waals surface area contributed by atoms with Crippen molar-refractivity contribution >= 4 is 6.29 Å². The predicted octanol–water partition coefficient (Wildman–Crippen LogP) is 1.35. The van der Waals surface area contributed by atoms with Crippen LogP contribution in [0.3, 0.4) is 0 Å². The number of phenolic OH excluding ortho intramolecular Hbond substituents is 1. The molecule has 0 aliphatic rings. The van der Waals surface area contributed by atoms with Gasteiger partial charge in [0.1, 0.15) is 5.75 Å². The number of hydrogen-bond donors (Lipinski definition) is 1. The van der Waals surface area contributed by atoms with Gasteiger partial charge in [0.05, 0.1) is 0 Å². The molecule has 0 aromatic heterocycles. The van der Waals surface area contributed by atoms with E-state index >= 15 is 0 Å². The first kappa shape index (κ1) is 7.79. The third-order valence-corrected chi connectivity index (χ3v) is 1.54. The molecule has 0 heterocycles. The van der Waals surface area contributed by atoms with Gasteiger partial charge in [-0.25, -0.2) is 0 Å². The van der Waals surface area contributed by atoms with Crippen molar-refractivity contribution < 1.29 is 9.90 Å². The fourth-order valence-electron chi connectivity index (χ4n) is 0.911. The summed E-state index contributed by atoms with van der Waals surface area (Å²) in [5.74, 6) is 0.264. The molecule has 1 rings (SSSR count). The van der Waals surface area contributed by atoms with Crippen molar-refractivity contribution in [3.8, 4) is 5.75 Å². The van der Waals surface area contributed by atoms with Gasteiger partial charge in [0.15, 0.2) is 0 Å². The van der Waals surface area contributed by atoms with E-state index in [1.165, 1.54) is 0 Å². The van der Waals surface area contributed by atoms with E-state index in [4.69, 9.17) is 5.11 Å². The first-order valence-corrected chi connectivity index (χ1v) is 3.37. The van der Waals surface area contributed by atoms with E-state index in [9.17, 15) is 4.79 Å². The van der Waals surface area contributed by atoms with Gasteiger partial charge in [-0.15, -0.1) is 0 Å². The molecule has 2 heteroatoms. The first-order chi connectivity index (χ1) is 5.24. The summed E-state index contributed by atoms with van der Waals surface area (Å²) in [5.41, 5.74) is 1.67. The summed E-state index contributed by atoms with van der Waals surface area (Å²) in [6, 6.07) is 5.08. The lowest BCUT2D eigenvalue weighted by Gasteiger charge is -1.99. The molecule has 0 unspecified atom stereocenters. The van der Waals surface area contributed by atoms with Gasteiger partial charge in [-0.05, 0) is 24.1 Å². The molecule has 0 amide bonds. The summed E-state index contributed by atoms with van der Waals surface area (Å²) >= 11 is 0. The van der Waals surface area contributed by atoms with Crippen LogP contribution in [0.1, 0.15) is 11.1 Å². The predicted molar refractivity (Wildman–Crippen MR) is 42.2 cm³/mol. The van der Waals surface area contributed by atoms with Crippen LogP contribution in [0.4, 0.5) is 0 Å². The molecule has 0 saturated carbocycles. The van der Waals surface area contributed by atoms with Crippen LogP contribution in [0.5, 0.6) is 5.75 Å². The van der Waals surface area contributed by atoms with Crippen LogP contribution in [-0.2, 0) is 11.2 Å². The van der Waals surface area contributed by atoms with E-state index in [-0.39, 0.29) is 5.75 Å². The Balaban J connectivity index is 2.95. The van der Waals surface area contributed by atoms with Crippen molar-refractivity contribution in [1.29, 1.82) is 0 Å². The fourth-order valence-corrected chi connectivity index (χ4v) is 0.911. The summed E-state index contributed by atoms with van der Waals surface area (Å²) < 4.78 is 0. The number of benzene rings is 1. The maximum absolute atomic E-state index is 9.98. The topological polar surface area (TPSA) is 37.3 Å². The van der Waals surface area contributed by atoms with Crippen LogP contribution in [-0.4, -0.2) is 11.4 Å². The van der Waals surface area contributed by atoms with E-state index in [0.717, 1.165) is 11.1 Å². The molecule has 0 fully saturated rings. The molecule has 0 spiro atoms. The van der Waals surface area contributed by atoms with Gasteiger partial charge in [-0.2, -0.15) is 0 Å². The minimum absolute atomic E-state index is 0.264. The van der Waals surface area contributed by atoms with Crippen LogP contribution in [0.15, 0.2) is 18.2 Å². The number of carbonyl (C=O) groups excluding carboxylic acids is 1. The lowest BCUT2D eigenvalue weighted by Crippen LogP contribution is -1.86. The molecule has 1 aromatic carbocycles. The Bertz CT molecular complexity index is 266. The molecule has 1 radical (unpaired) electrons. The van der Waals surface area contributed by atoms with E-state index in [1.54, 1.807) is 31.4 Å². The number of hydrogen-bond acceptors (Lipinski definition) is 2. The van der Waals surface area contributed by atoms with E-state index in [1.807, 2.05) is 0 Å². The number of aromatic hydroxyl groups is 1. The third kappa shape index (κ3) is 1.80. The highest BCUT2D eigenvalue weighted by Gasteiger charge is 1.96. The van der Waals surface area contributed by atoms with Crippen LogP contribution in [0.25, 0.3) is 0 Å². The van der Waals surface area contributed by atoms with Gasteiger partial charge in [0, 0.05) is 6.42 Å². The molecule has 0 bridgehead atoms. The summed E-state index contributed by atoms with van der Waals surface area (Å²) in [6.45, 7) is 1.80. The SMILES string of the molecule is Cc1cc(C[C]=O)ccc1O. The molecule has 2 nitrogen and oxygen atoms in total. The molecular formula is C9H9O2. The maximum atomic E-state index is 9.98. The highest BCUT2D eigenvalue weighted by atomic mass is 16.3. The van der Waals surface area contributed by atoms with E-state index < -0.39 is 0 Å². The second-order valence-electron chi connectivity index (χ2n) is 2.44. The molecule has 0 aliphatic carbocycles. The van der Waals surface area contributed by atoms with Crippen molar-refractivity contribution in [1.82, 2.24) is 0 Å². The van der Waals surface area contributed by atoms with Gasteiger partial charge < -0.3 is 5.11 Å². The summed E-state index contributed by atoms with van der Waals surface area (Å²) in [5, 5.41) is 9.11. The summed E-state index contributed by atoms with van der Waals surface area (Å²) in [4.78, 5) is 9.98. The van der Waals surface area contributed by atoms with E-state index in [0.29, 0.717) is 6.42 Å². The Morgan fingerprint density at radius 3 is 2.82 bits per heavy atom. The number of aryl methyl sites for hydroxylation is 1. The maximum Gasteiger partial charge on any atom is 0.203 e. The van der Waals surface area contributed by atoms with Crippen molar-refractivity contribution in [3.63, 3.8) is 0 Å². The normalized spacial score (nSPS) is 9.55. The average molecular weight is 149 g/mol. The smallest absolute Gasteiger partial charge is 0.203 e. The second kappa shape index (κ2) is 3.19. The van der Waals surface area contributed by atoms with Crippen LogP contribution in [0.2, 0.25) is 0 Å².